The standard InChI is InChI=1S/C23H22N2O4S/c1-15-7-9-17(10-8-15)30(28,29)24-14-13-18-20(24)12-11-19-21(18)23(27)25(22(19)26)16-5-3-2-4-6-16/h2-10,12,18-19,21H,11,13-14H2,1H3/t18-,19+,21-/m1/s1. The van der Waals surface area contributed by atoms with Crippen molar-refractivity contribution in [3.05, 3.63) is 71.9 Å². The first-order valence-electron chi connectivity index (χ1n) is 10.1. The monoisotopic (exact) mass is 422 g/mol. The molecule has 0 spiro atoms. The maximum absolute atomic E-state index is 13.3. The first-order valence-corrected chi connectivity index (χ1v) is 11.6. The minimum Gasteiger partial charge on any atom is -0.274 e. The highest BCUT2D eigenvalue weighted by Gasteiger charge is 2.56. The van der Waals surface area contributed by atoms with Gasteiger partial charge in [-0.25, -0.2) is 8.42 Å². The second-order valence-corrected chi connectivity index (χ2v) is 9.99. The lowest BCUT2D eigenvalue weighted by atomic mass is 9.75. The Morgan fingerprint density at radius 2 is 1.60 bits per heavy atom. The van der Waals surface area contributed by atoms with Crippen LogP contribution < -0.4 is 4.90 Å². The molecule has 0 radical (unpaired) electrons. The van der Waals surface area contributed by atoms with E-state index < -0.39 is 21.9 Å². The van der Waals surface area contributed by atoms with Crippen LogP contribution in [0.4, 0.5) is 5.69 Å². The van der Waals surface area contributed by atoms with E-state index in [1.807, 2.05) is 19.1 Å². The molecule has 0 unspecified atom stereocenters. The van der Waals surface area contributed by atoms with Gasteiger partial charge in [-0.15, -0.1) is 0 Å². The van der Waals surface area contributed by atoms with E-state index in [1.165, 1.54) is 9.21 Å². The van der Waals surface area contributed by atoms with Crippen LogP contribution in [0.25, 0.3) is 0 Å². The van der Waals surface area contributed by atoms with Crippen LogP contribution in [0.5, 0.6) is 0 Å². The van der Waals surface area contributed by atoms with E-state index >= 15 is 0 Å². The van der Waals surface area contributed by atoms with Gasteiger partial charge in [0.1, 0.15) is 0 Å². The van der Waals surface area contributed by atoms with Gasteiger partial charge in [-0.3, -0.25) is 18.8 Å². The van der Waals surface area contributed by atoms with E-state index in [2.05, 4.69) is 0 Å². The summed E-state index contributed by atoms with van der Waals surface area (Å²) in [4.78, 5) is 27.8. The molecule has 7 heteroatoms. The zero-order chi connectivity index (χ0) is 21.0. The van der Waals surface area contributed by atoms with Crippen molar-refractivity contribution >= 4 is 27.5 Å². The molecule has 0 N–H and O–H groups in total. The van der Waals surface area contributed by atoms with E-state index in [1.54, 1.807) is 48.5 Å². The normalized spacial score (nSPS) is 25.9. The van der Waals surface area contributed by atoms with Crippen LogP contribution in [-0.4, -0.2) is 31.1 Å². The maximum Gasteiger partial charge on any atom is 0.264 e. The predicted octanol–water partition coefficient (Wildman–Crippen LogP) is 3.10. The van der Waals surface area contributed by atoms with Gasteiger partial charge in [0, 0.05) is 18.2 Å². The highest BCUT2D eigenvalue weighted by molar-refractivity contribution is 7.89. The van der Waals surface area contributed by atoms with Crippen molar-refractivity contribution < 1.29 is 18.0 Å². The van der Waals surface area contributed by atoms with Gasteiger partial charge in [0.2, 0.25) is 11.8 Å². The highest BCUT2D eigenvalue weighted by Crippen LogP contribution is 2.49. The number of aryl methyl sites for hydroxylation is 1. The summed E-state index contributed by atoms with van der Waals surface area (Å²) in [7, 11) is -3.70. The molecule has 0 bridgehead atoms. The Balaban J connectivity index is 1.47. The number of rotatable bonds is 3. The summed E-state index contributed by atoms with van der Waals surface area (Å²) in [6.45, 7) is 2.23. The molecule has 3 aliphatic rings. The first kappa shape index (κ1) is 19.1. The molecule has 2 saturated heterocycles. The van der Waals surface area contributed by atoms with Crippen LogP contribution in [0.1, 0.15) is 18.4 Å². The SMILES string of the molecule is Cc1ccc(S(=O)(=O)N2CC[C@@H]3C2=CC[C@@H]2C(=O)N(c4ccccc4)C(=O)[C@@H]23)cc1. The largest absolute Gasteiger partial charge is 0.274 e. The third-order valence-electron chi connectivity index (χ3n) is 6.43. The molecule has 2 amide bonds. The molecule has 0 saturated carbocycles. The number of anilines is 1. The number of amides is 2. The molecule has 2 heterocycles. The predicted molar refractivity (Wildman–Crippen MR) is 112 cm³/mol. The summed E-state index contributed by atoms with van der Waals surface area (Å²) >= 11 is 0. The number of sulfonamides is 1. The summed E-state index contributed by atoms with van der Waals surface area (Å²) in [5.41, 5.74) is 2.22. The van der Waals surface area contributed by atoms with E-state index in [-0.39, 0.29) is 22.6 Å². The van der Waals surface area contributed by atoms with Gasteiger partial charge in [-0.1, -0.05) is 42.0 Å². The lowest BCUT2D eigenvalue weighted by molar-refractivity contribution is -0.122. The van der Waals surface area contributed by atoms with Crippen molar-refractivity contribution in [3.63, 3.8) is 0 Å². The lowest BCUT2D eigenvalue weighted by Crippen LogP contribution is -2.34. The zero-order valence-electron chi connectivity index (χ0n) is 16.6. The van der Waals surface area contributed by atoms with Crippen LogP contribution in [0.2, 0.25) is 0 Å². The Labute approximate surface area is 175 Å². The van der Waals surface area contributed by atoms with Crippen LogP contribution in [0.3, 0.4) is 0 Å². The Kier molecular flexibility index (Phi) is 4.32. The van der Waals surface area contributed by atoms with Gasteiger partial charge in [0.15, 0.2) is 0 Å². The average Bonchev–Trinajstić information content (AvgIpc) is 3.28. The molecule has 30 heavy (non-hydrogen) atoms. The Morgan fingerprint density at radius 1 is 0.900 bits per heavy atom. The second kappa shape index (κ2) is 6.80. The molecule has 2 aromatic carbocycles. The number of benzene rings is 2. The molecule has 2 aromatic rings. The lowest BCUT2D eigenvalue weighted by Gasteiger charge is -2.30. The van der Waals surface area contributed by atoms with E-state index in [9.17, 15) is 18.0 Å². The number of carbonyl (C=O) groups is 2. The number of imide groups is 1. The van der Waals surface area contributed by atoms with Gasteiger partial charge in [-0.05, 0) is 44.0 Å². The summed E-state index contributed by atoms with van der Waals surface area (Å²) in [5.74, 6) is -1.59. The van der Waals surface area contributed by atoms with Gasteiger partial charge < -0.3 is 0 Å². The minimum atomic E-state index is -3.70. The zero-order valence-corrected chi connectivity index (χ0v) is 17.4. The molecule has 154 valence electrons. The Hall–Kier alpha value is -2.93. The number of fused-ring (bicyclic) bond motifs is 3. The number of hydrogen-bond donors (Lipinski definition) is 0. The molecule has 5 rings (SSSR count). The van der Waals surface area contributed by atoms with Gasteiger partial charge in [0.05, 0.1) is 22.4 Å². The number of allylic oxidation sites excluding steroid dienone is 2. The number of para-hydroxylation sites is 1. The number of hydrogen-bond acceptors (Lipinski definition) is 4. The van der Waals surface area contributed by atoms with Crippen molar-refractivity contribution in [3.8, 4) is 0 Å². The summed E-state index contributed by atoms with van der Waals surface area (Å²) in [5, 5.41) is 0. The van der Waals surface area contributed by atoms with Crippen LogP contribution in [0.15, 0.2) is 71.3 Å². The van der Waals surface area contributed by atoms with E-state index in [0.717, 1.165) is 5.56 Å². The van der Waals surface area contributed by atoms with Crippen LogP contribution in [-0.2, 0) is 19.6 Å². The van der Waals surface area contributed by atoms with Gasteiger partial charge >= 0.3 is 0 Å². The number of nitrogens with zero attached hydrogens (tertiary/aromatic N) is 2. The third kappa shape index (κ3) is 2.72. The fraction of sp³-hybridized carbons (Fsp3) is 0.304. The smallest absolute Gasteiger partial charge is 0.264 e. The van der Waals surface area contributed by atoms with E-state index in [4.69, 9.17) is 0 Å². The Morgan fingerprint density at radius 3 is 2.30 bits per heavy atom. The summed E-state index contributed by atoms with van der Waals surface area (Å²) < 4.78 is 27.9. The van der Waals surface area contributed by atoms with Crippen molar-refractivity contribution in [2.75, 3.05) is 11.4 Å². The van der Waals surface area contributed by atoms with Crippen molar-refractivity contribution in [1.29, 1.82) is 0 Å². The minimum absolute atomic E-state index is 0.189. The second-order valence-electron chi connectivity index (χ2n) is 8.13. The number of carbonyl (C=O) groups excluding carboxylic acids is 2. The molecule has 6 nitrogen and oxygen atoms in total. The van der Waals surface area contributed by atoms with Crippen LogP contribution >= 0.6 is 0 Å². The molecule has 2 aliphatic heterocycles. The maximum atomic E-state index is 13.3. The molecule has 0 aromatic heterocycles. The van der Waals surface area contributed by atoms with Crippen molar-refractivity contribution in [2.45, 2.75) is 24.7 Å². The average molecular weight is 423 g/mol. The van der Waals surface area contributed by atoms with Gasteiger partial charge in [0.25, 0.3) is 10.0 Å². The fourth-order valence-electron chi connectivity index (χ4n) is 4.96. The highest BCUT2D eigenvalue weighted by atomic mass is 32.2. The van der Waals surface area contributed by atoms with Gasteiger partial charge in [-0.2, -0.15) is 0 Å². The quantitative estimate of drug-likeness (QED) is 0.713. The summed E-state index contributed by atoms with van der Waals surface area (Å²) in [6.07, 6.45) is 2.77. The molecular weight excluding hydrogens is 400 g/mol. The molecule has 2 fully saturated rings. The molecule has 3 atom stereocenters. The first-order chi connectivity index (χ1) is 14.4. The molecular formula is C23H22N2O4S. The Bertz CT molecular complexity index is 1160. The van der Waals surface area contributed by atoms with Crippen molar-refractivity contribution in [2.24, 2.45) is 17.8 Å². The summed E-state index contributed by atoms with van der Waals surface area (Å²) in [6, 6.07) is 15.7. The topological polar surface area (TPSA) is 74.8 Å². The molecule has 1 aliphatic carbocycles. The van der Waals surface area contributed by atoms with Crippen LogP contribution in [0, 0.1) is 24.7 Å². The van der Waals surface area contributed by atoms with Crippen molar-refractivity contribution in [1.82, 2.24) is 4.31 Å². The third-order valence-corrected chi connectivity index (χ3v) is 8.27. The van der Waals surface area contributed by atoms with E-state index in [0.29, 0.717) is 30.8 Å². The fourth-order valence-corrected chi connectivity index (χ4v) is 6.53.